The van der Waals surface area contributed by atoms with E-state index < -0.39 is 39.3 Å². The molecule has 6 nitrogen and oxygen atoms in total. The van der Waals surface area contributed by atoms with E-state index in [1.54, 1.807) is 23.0 Å². The third kappa shape index (κ3) is 4.42. The van der Waals surface area contributed by atoms with Crippen LogP contribution in [0.1, 0.15) is 12.8 Å². The van der Waals surface area contributed by atoms with Gasteiger partial charge in [-0.05, 0) is 61.4 Å². The number of hydrogen-bond donors (Lipinski definition) is 1. The molecule has 1 aromatic heterocycles. The van der Waals surface area contributed by atoms with Gasteiger partial charge in [-0.2, -0.15) is 4.31 Å². The maximum atomic E-state index is 14.2. The van der Waals surface area contributed by atoms with Crippen LogP contribution in [0.5, 0.6) is 0 Å². The summed E-state index contributed by atoms with van der Waals surface area (Å²) in [5.41, 5.74) is 0.720. The molecule has 168 valence electrons. The summed E-state index contributed by atoms with van der Waals surface area (Å²) in [5, 5.41) is 2.59. The van der Waals surface area contributed by atoms with Gasteiger partial charge in [0.2, 0.25) is 15.9 Å². The van der Waals surface area contributed by atoms with Crippen LogP contribution in [-0.2, 0) is 14.8 Å². The highest BCUT2D eigenvalue weighted by molar-refractivity contribution is 7.89. The molecule has 0 radical (unpaired) electrons. The number of carbonyl (C=O) groups excluding carboxylic acids is 1. The minimum atomic E-state index is -4.01. The molecule has 1 aliphatic heterocycles. The van der Waals surface area contributed by atoms with Gasteiger partial charge in [-0.25, -0.2) is 21.6 Å². The van der Waals surface area contributed by atoms with Gasteiger partial charge in [0.05, 0.1) is 10.6 Å². The van der Waals surface area contributed by atoms with Crippen molar-refractivity contribution in [2.24, 2.45) is 5.92 Å². The molecule has 4 rings (SSSR count). The Kier molecular flexibility index (Phi) is 6.07. The van der Waals surface area contributed by atoms with E-state index in [0.29, 0.717) is 11.8 Å². The molecule has 1 aliphatic rings. The second kappa shape index (κ2) is 8.79. The lowest BCUT2D eigenvalue weighted by Gasteiger charge is -2.30. The normalized spacial score (nSPS) is 15.6. The zero-order valence-corrected chi connectivity index (χ0v) is 17.7. The van der Waals surface area contributed by atoms with Crippen LogP contribution < -0.4 is 5.32 Å². The van der Waals surface area contributed by atoms with Crippen molar-refractivity contribution in [1.29, 1.82) is 0 Å². The van der Waals surface area contributed by atoms with Gasteiger partial charge in [0, 0.05) is 37.1 Å². The molecule has 1 saturated heterocycles. The predicted molar refractivity (Wildman–Crippen MR) is 112 cm³/mol. The van der Waals surface area contributed by atoms with Crippen molar-refractivity contribution in [3.05, 3.63) is 78.4 Å². The second-order valence-corrected chi connectivity index (χ2v) is 9.44. The number of rotatable bonds is 5. The summed E-state index contributed by atoms with van der Waals surface area (Å²) in [6, 6.07) is 10.4. The topological polar surface area (TPSA) is 71.4 Å². The average molecular weight is 463 g/mol. The third-order valence-corrected chi connectivity index (χ3v) is 7.36. The first kappa shape index (κ1) is 22.1. The highest BCUT2D eigenvalue weighted by Crippen LogP contribution is 2.27. The summed E-state index contributed by atoms with van der Waals surface area (Å²) >= 11 is 0. The van der Waals surface area contributed by atoms with E-state index in [1.165, 1.54) is 12.1 Å². The minimum Gasteiger partial charge on any atom is -0.324 e. The van der Waals surface area contributed by atoms with Gasteiger partial charge >= 0.3 is 0 Å². The number of nitrogens with one attached hydrogen (secondary N) is 1. The quantitative estimate of drug-likeness (QED) is 0.623. The van der Waals surface area contributed by atoms with Crippen molar-refractivity contribution in [3.8, 4) is 5.69 Å². The molecule has 0 bridgehead atoms. The van der Waals surface area contributed by atoms with Crippen molar-refractivity contribution in [2.45, 2.75) is 17.7 Å². The van der Waals surface area contributed by atoms with Crippen LogP contribution in [-0.4, -0.2) is 36.3 Å². The number of hydrogen-bond acceptors (Lipinski definition) is 3. The predicted octanol–water partition coefficient (Wildman–Crippen LogP) is 3.93. The Bertz CT molecular complexity index is 1240. The molecular formula is C22H20F3N3O3S. The van der Waals surface area contributed by atoms with E-state index in [9.17, 15) is 26.4 Å². The van der Waals surface area contributed by atoms with Gasteiger partial charge in [-0.1, -0.05) is 0 Å². The maximum absolute atomic E-state index is 14.2. The van der Waals surface area contributed by atoms with Crippen LogP contribution in [0.3, 0.4) is 0 Å². The number of benzene rings is 2. The molecular weight excluding hydrogens is 443 g/mol. The Morgan fingerprint density at radius 2 is 1.56 bits per heavy atom. The van der Waals surface area contributed by atoms with Crippen LogP contribution in [0.4, 0.5) is 18.9 Å². The van der Waals surface area contributed by atoms with Crippen LogP contribution in [0.2, 0.25) is 0 Å². The van der Waals surface area contributed by atoms with Crippen LogP contribution in [0.15, 0.2) is 65.8 Å². The second-order valence-electron chi connectivity index (χ2n) is 7.50. The number of nitrogens with zero attached hydrogens (tertiary/aromatic N) is 2. The van der Waals surface area contributed by atoms with Crippen molar-refractivity contribution in [2.75, 3.05) is 18.4 Å². The van der Waals surface area contributed by atoms with E-state index in [-0.39, 0.29) is 36.5 Å². The fraction of sp³-hybridized carbons (Fsp3) is 0.227. The zero-order valence-electron chi connectivity index (χ0n) is 16.8. The molecule has 0 spiro atoms. The molecule has 1 N–H and O–H groups in total. The van der Waals surface area contributed by atoms with Crippen LogP contribution >= 0.6 is 0 Å². The van der Waals surface area contributed by atoms with E-state index in [4.69, 9.17) is 0 Å². The number of carbonyl (C=O) groups is 1. The number of sulfonamides is 1. The lowest BCUT2D eigenvalue weighted by atomic mass is 9.97. The van der Waals surface area contributed by atoms with Gasteiger partial charge in [-0.3, -0.25) is 4.79 Å². The van der Waals surface area contributed by atoms with E-state index >= 15 is 0 Å². The lowest BCUT2D eigenvalue weighted by molar-refractivity contribution is -0.120. The first-order valence-electron chi connectivity index (χ1n) is 9.94. The standard InChI is InChI=1S/C22H20F3N3O3S/c23-18-6-4-17(14-20(18)25)32(30,31)28-11-7-15(8-12-28)22(29)26-21-13-16(3-5-19(21)24)27-9-1-2-10-27/h1-6,9-10,13-15H,7-8,11-12H2,(H,26,29). The highest BCUT2D eigenvalue weighted by atomic mass is 32.2. The highest BCUT2D eigenvalue weighted by Gasteiger charge is 2.32. The molecule has 1 amide bonds. The summed E-state index contributed by atoms with van der Waals surface area (Å²) in [6.45, 7) is 0.0661. The molecule has 2 heterocycles. The van der Waals surface area contributed by atoms with Gasteiger partial charge in [0.15, 0.2) is 11.6 Å². The van der Waals surface area contributed by atoms with Gasteiger partial charge in [0.25, 0.3) is 0 Å². The number of aromatic nitrogens is 1. The SMILES string of the molecule is O=C(Nc1cc(-n2cccc2)ccc1F)C1CCN(S(=O)(=O)c2ccc(F)c(F)c2)CC1. The third-order valence-electron chi connectivity index (χ3n) is 5.46. The minimum absolute atomic E-state index is 0.0330. The van der Waals surface area contributed by atoms with Crippen LogP contribution in [0, 0.1) is 23.4 Å². The zero-order chi connectivity index (χ0) is 22.9. The lowest BCUT2D eigenvalue weighted by Crippen LogP contribution is -2.41. The van der Waals surface area contributed by atoms with Crippen molar-refractivity contribution < 1.29 is 26.4 Å². The van der Waals surface area contributed by atoms with Crippen LogP contribution in [0.25, 0.3) is 5.69 Å². The first-order valence-corrected chi connectivity index (χ1v) is 11.4. The molecule has 0 saturated carbocycles. The Balaban J connectivity index is 1.42. The molecule has 0 aliphatic carbocycles. The Hall–Kier alpha value is -3.11. The monoisotopic (exact) mass is 463 g/mol. The summed E-state index contributed by atoms with van der Waals surface area (Å²) in [4.78, 5) is 12.3. The average Bonchev–Trinajstić information content (AvgIpc) is 3.32. The molecule has 3 aromatic rings. The Morgan fingerprint density at radius 3 is 2.22 bits per heavy atom. The fourth-order valence-electron chi connectivity index (χ4n) is 3.66. The number of amides is 1. The molecule has 2 aromatic carbocycles. The largest absolute Gasteiger partial charge is 0.324 e. The van der Waals surface area contributed by atoms with Crippen molar-refractivity contribution in [1.82, 2.24) is 8.87 Å². The molecule has 1 fully saturated rings. The molecule has 0 atom stereocenters. The maximum Gasteiger partial charge on any atom is 0.243 e. The Morgan fingerprint density at radius 1 is 0.906 bits per heavy atom. The summed E-state index contributed by atoms with van der Waals surface area (Å²) in [5.74, 6) is -3.87. The van der Waals surface area contributed by atoms with Gasteiger partial charge in [-0.15, -0.1) is 0 Å². The smallest absolute Gasteiger partial charge is 0.243 e. The van der Waals surface area contributed by atoms with Crippen molar-refractivity contribution >= 4 is 21.6 Å². The van der Waals surface area contributed by atoms with E-state index in [0.717, 1.165) is 16.4 Å². The van der Waals surface area contributed by atoms with Gasteiger partial charge < -0.3 is 9.88 Å². The Labute approximate surface area is 183 Å². The summed E-state index contributed by atoms with van der Waals surface area (Å²) in [6.07, 6.45) is 4.02. The summed E-state index contributed by atoms with van der Waals surface area (Å²) in [7, 11) is -4.01. The number of halogens is 3. The van der Waals surface area contributed by atoms with Crippen molar-refractivity contribution in [3.63, 3.8) is 0 Å². The van der Waals surface area contributed by atoms with E-state index in [1.807, 2.05) is 12.1 Å². The summed E-state index contributed by atoms with van der Waals surface area (Å²) < 4.78 is 69.1. The first-order chi connectivity index (χ1) is 15.3. The molecule has 10 heteroatoms. The number of piperidine rings is 1. The number of anilines is 1. The van der Waals surface area contributed by atoms with Gasteiger partial charge in [0.1, 0.15) is 5.82 Å². The molecule has 32 heavy (non-hydrogen) atoms. The molecule has 0 unspecified atom stereocenters. The fourth-order valence-corrected chi connectivity index (χ4v) is 5.14. The van der Waals surface area contributed by atoms with E-state index in [2.05, 4.69) is 5.32 Å².